The summed E-state index contributed by atoms with van der Waals surface area (Å²) in [7, 11) is 0. The molecule has 0 spiro atoms. The van der Waals surface area contributed by atoms with Crippen LogP contribution in [0.4, 0.5) is 5.69 Å². The van der Waals surface area contributed by atoms with Crippen molar-refractivity contribution in [3.8, 4) is 28.4 Å². The molecule has 0 unspecified atom stereocenters. The standard InChI is InChI=1S/C19H14N2O5/c22-19-14(12-20-23)10-17(26-16-7-2-1-3-8-16)11-18(19)13-5-4-6-15(9-13)21(24)25/h1-12,22-23H/b20-12+. The molecule has 0 saturated heterocycles. The largest absolute Gasteiger partial charge is 0.507 e. The van der Waals surface area contributed by atoms with Gasteiger partial charge in [-0.25, -0.2) is 0 Å². The van der Waals surface area contributed by atoms with Crippen molar-refractivity contribution in [3.05, 3.63) is 82.4 Å². The fourth-order valence-corrected chi connectivity index (χ4v) is 2.48. The SMILES string of the molecule is O=[N+]([O-])c1cccc(-c2cc(Oc3ccccc3)cc(/C=N/O)c2O)c1. The van der Waals surface area contributed by atoms with Gasteiger partial charge in [0.05, 0.1) is 11.1 Å². The maximum absolute atomic E-state index is 11.0. The lowest BCUT2D eigenvalue weighted by Crippen LogP contribution is -1.93. The van der Waals surface area contributed by atoms with Crippen LogP contribution in [0.3, 0.4) is 0 Å². The minimum atomic E-state index is -0.513. The van der Waals surface area contributed by atoms with Crippen LogP contribution in [0.1, 0.15) is 5.56 Å². The summed E-state index contributed by atoms with van der Waals surface area (Å²) in [5, 5.41) is 33.3. The van der Waals surface area contributed by atoms with Crippen LogP contribution in [-0.2, 0) is 0 Å². The summed E-state index contributed by atoms with van der Waals surface area (Å²) in [6, 6.07) is 17.9. The van der Waals surface area contributed by atoms with E-state index < -0.39 is 4.92 Å². The predicted molar refractivity (Wildman–Crippen MR) is 96.1 cm³/mol. The zero-order valence-corrected chi connectivity index (χ0v) is 13.4. The number of non-ortho nitro benzene ring substituents is 1. The Hall–Kier alpha value is -3.87. The summed E-state index contributed by atoms with van der Waals surface area (Å²) < 4.78 is 5.77. The molecular weight excluding hydrogens is 336 g/mol. The third-order valence-electron chi connectivity index (χ3n) is 3.66. The van der Waals surface area contributed by atoms with Gasteiger partial charge in [0.2, 0.25) is 0 Å². The zero-order valence-electron chi connectivity index (χ0n) is 13.4. The quantitative estimate of drug-likeness (QED) is 0.303. The number of hydrogen-bond acceptors (Lipinski definition) is 6. The molecule has 0 atom stereocenters. The van der Waals surface area contributed by atoms with Crippen LogP contribution in [-0.4, -0.2) is 21.5 Å². The van der Waals surface area contributed by atoms with Crippen LogP contribution in [0.2, 0.25) is 0 Å². The van der Waals surface area contributed by atoms with Crippen molar-refractivity contribution in [2.24, 2.45) is 5.16 Å². The molecule has 0 amide bonds. The van der Waals surface area contributed by atoms with Gasteiger partial charge in [0.1, 0.15) is 17.2 Å². The molecule has 0 radical (unpaired) electrons. The van der Waals surface area contributed by atoms with Crippen LogP contribution >= 0.6 is 0 Å². The molecule has 0 bridgehead atoms. The van der Waals surface area contributed by atoms with E-state index in [9.17, 15) is 15.2 Å². The van der Waals surface area contributed by atoms with E-state index in [4.69, 9.17) is 9.94 Å². The molecule has 3 aromatic rings. The molecule has 3 rings (SSSR count). The van der Waals surface area contributed by atoms with E-state index in [1.807, 2.05) is 18.2 Å². The van der Waals surface area contributed by atoms with Crippen molar-refractivity contribution >= 4 is 11.9 Å². The monoisotopic (exact) mass is 350 g/mol. The molecule has 3 aromatic carbocycles. The number of phenolic OH excluding ortho intramolecular Hbond substituents is 1. The maximum atomic E-state index is 11.0. The van der Waals surface area contributed by atoms with Crippen molar-refractivity contribution < 1.29 is 20.0 Å². The van der Waals surface area contributed by atoms with Crippen LogP contribution in [0.5, 0.6) is 17.2 Å². The Bertz CT molecular complexity index is 971. The summed E-state index contributed by atoms with van der Waals surface area (Å²) in [6.07, 6.45) is 1.06. The number of benzene rings is 3. The second kappa shape index (κ2) is 7.35. The van der Waals surface area contributed by atoms with Crippen molar-refractivity contribution in [3.63, 3.8) is 0 Å². The minimum Gasteiger partial charge on any atom is -0.507 e. The van der Waals surface area contributed by atoms with Gasteiger partial charge in [-0.2, -0.15) is 0 Å². The molecule has 7 heteroatoms. The summed E-state index contributed by atoms with van der Waals surface area (Å²) in [4.78, 5) is 10.5. The van der Waals surface area contributed by atoms with Gasteiger partial charge in [-0.15, -0.1) is 0 Å². The number of oxime groups is 1. The van der Waals surface area contributed by atoms with E-state index in [1.165, 1.54) is 24.3 Å². The number of rotatable bonds is 5. The third-order valence-corrected chi connectivity index (χ3v) is 3.66. The lowest BCUT2D eigenvalue weighted by atomic mass is 10.0. The van der Waals surface area contributed by atoms with Crippen LogP contribution < -0.4 is 4.74 Å². The van der Waals surface area contributed by atoms with Gasteiger partial charge < -0.3 is 15.1 Å². The van der Waals surface area contributed by atoms with E-state index in [0.717, 1.165) is 6.21 Å². The van der Waals surface area contributed by atoms with E-state index in [2.05, 4.69) is 5.16 Å². The molecular formula is C19H14N2O5. The van der Waals surface area contributed by atoms with Gasteiger partial charge in [0.15, 0.2) is 0 Å². The Balaban J connectivity index is 2.11. The first-order valence-corrected chi connectivity index (χ1v) is 7.60. The second-order valence-corrected chi connectivity index (χ2v) is 5.38. The number of nitrogens with zero attached hydrogens (tertiary/aromatic N) is 2. The summed E-state index contributed by atoms with van der Waals surface area (Å²) >= 11 is 0. The fraction of sp³-hybridized carbons (Fsp3) is 0. The van der Waals surface area contributed by atoms with Crippen molar-refractivity contribution in [1.82, 2.24) is 0 Å². The third kappa shape index (κ3) is 3.62. The topological polar surface area (TPSA) is 105 Å². The molecule has 0 aliphatic carbocycles. The predicted octanol–water partition coefficient (Wildman–Crippen LogP) is 4.57. The lowest BCUT2D eigenvalue weighted by Gasteiger charge is -2.12. The summed E-state index contributed by atoms with van der Waals surface area (Å²) in [5.41, 5.74) is 0.857. The van der Waals surface area contributed by atoms with Crippen molar-refractivity contribution in [1.29, 1.82) is 0 Å². The summed E-state index contributed by atoms with van der Waals surface area (Å²) in [5.74, 6) is 0.782. The minimum absolute atomic E-state index is 0.103. The van der Waals surface area contributed by atoms with E-state index in [0.29, 0.717) is 22.6 Å². The maximum Gasteiger partial charge on any atom is 0.270 e. The van der Waals surface area contributed by atoms with Gasteiger partial charge in [-0.3, -0.25) is 10.1 Å². The average Bonchev–Trinajstić information content (AvgIpc) is 2.65. The van der Waals surface area contributed by atoms with E-state index >= 15 is 0 Å². The number of nitro groups is 1. The Kier molecular flexibility index (Phi) is 4.80. The number of phenols is 1. The first kappa shape index (κ1) is 17.0. The first-order valence-electron chi connectivity index (χ1n) is 7.60. The molecule has 0 fully saturated rings. The first-order chi connectivity index (χ1) is 12.6. The average molecular weight is 350 g/mol. The normalized spacial score (nSPS) is 10.8. The van der Waals surface area contributed by atoms with Crippen LogP contribution in [0.15, 0.2) is 71.9 Å². The molecule has 0 saturated carbocycles. The highest BCUT2D eigenvalue weighted by Crippen LogP contribution is 2.38. The molecule has 130 valence electrons. The molecule has 7 nitrogen and oxygen atoms in total. The molecule has 2 N–H and O–H groups in total. The van der Waals surface area contributed by atoms with E-state index in [1.54, 1.807) is 24.3 Å². The molecule has 26 heavy (non-hydrogen) atoms. The van der Waals surface area contributed by atoms with Gasteiger partial charge in [-0.1, -0.05) is 35.5 Å². The Morgan fingerprint density at radius 3 is 2.46 bits per heavy atom. The van der Waals surface area contributed by atoms with Crippen LogP contribution in [0.25, 0.3) is 11.1 Å². The number of nitro benzene ring substituents is 1. The smallest absolute Gasteiger partial charge is 0.270 e. The highest BCUT2D eigenvalue weighted by atomic mass is 16.6. The number of aromatic hydroxyl groups is 1. The molecule has 0 heterocycles. The number of para-hydroxylation sites is 1. The lowest BCUT2D eigenvalue weighted by molar-refractivity contribution is -0.384. The number of ether oxygens (including phenoxy) is 1. The second-order valence-electron chi connectivity index (χ2n) is 5.38. The molecule has 0 aromatic heterocycles. The zero-order chi connectivity index (χ0) is 18.5. The van der Waals surface area contributed by atoms with Crippen molar-refractivity contribution in [2.75, 3.05) is 0 Å². The Morgan fingerprint density at radius 2 is 1.77 bits per heavy atom. The molecule has 0 aliphatic rings. The van der Waals surface area contributed by atoms with Gasteiger partial charge >= 0.3 is 0 Å². The van der Waals surface area contributed by atoms with Crippen molar-refractivity contribution in [2.45, 2.75) is 0 Å². The van der Waals surface area contributed by atoms with Gasteiger partial charge in [0.25, 0.3) is 5.69 Å². The fourth-order valence-electron chi connectivity index (χ4n) is 2.48. The highest BCUT2D eigenvalue weighted by Gasteiger charge is 2.15. The van der Waals surface area contributed by atoms with E-state index in [-0.39, 0.29) is 17.0 Å². The Morgan fingerprint density at radius 1 is 1.00 bits per heavy atom. The molecule has 0 aliphatic heterocycles. The summed E-state index contributed by atoms with van der Waals surface area (Å²) in [6.45, 7) is 0. The van der Waals surface area contributed by atoms with Gasteiger partial charge in [-0.05, 0) is 29.8 Å². The number of hydrogen-bond donors (Lipinski definition) is 2. The van der Waals surface area contributed by atoms with Gasteiger partial charge in [0, 0.05) is 23.3 Å². The highest BCUT2D eigenvalue weighted by molar-refractivity contribution is 5.89. The van der Waals surface area contributed by atoms with Crippen LogP contribution in [0, 0.1) is 10.1 Å². The Labute approximate surface area is 148 Å².